The number of aromatic hydroxyl groups is 2. The molecule has 4 aliphatic rings. The third-order valence-electron chi connectivity index (χ3n) is 11.9. The number of aliphatic hydroxyl groups excluding tert-OH is 2. The van der Waals surface area contributed by atoms with E-state index >= 15 is 0 Å². The van der Waals surface area contributed by atoms with Crippen molar-refractivity contribution in [2.75, 3.05) is 34.0 Å². The van der Waals surface area contributed by atoms with Gasteiger partial charge in [-0.05, 0) is 32.4 Å². The van der Waals surface area contributed by atoms with Crippen LogP contribution in [0.1, 0.15) is 88.6 Å². The predicted molar refractivity (Wildman–Crippen MR) is 221 cm³/mol. The molecule has 7 N–H and O–H groups in total. The molecule has 5 unspecified atom stereocenters. The van der Waals surface area contributed by atoms with Crippen LogP contribution < -0.4 is 15.4 Å². The van der Waals surface area contributed by atoms with E-state index in [2.05, 4.69) is 16.6 Å². The molecule has 0 radical (unpaired) electrons. The zero-order chi connectivity index (χ0) is 47.5. The molecule has 3 aliphatic carbocycles. The molecule has 0 bridgehead atoms. The monoisotopic (exact) mass is 907 g/mol. The van der Waals surface area contributed by atoms with Crippen LogP contribution in [0, 0.1) is 28.4 Å². The number of carbonyl (C=O) groups excluding carboxylic acids is 5. The lowest BCUT2D eigenvalue weighted by molar-refractivity contribution is -0.519. The quantitative estimate of drug-likeness (QED) is 0.0351. The van der Waals surface area contributed by atoms with Crippen LogP contribution in [-0.4, -0.2) is 136 Å². The first-order chi connectivity index (χ1) is 30.9. The van der Waals surface area contributed by atoms with Crippen molar-refractivity contribution in [3.05, 3.63) is 85.4 Å². The van der Waals surface area contributed by atoms with Gasteiger partial charge in [0.15, 0.2) is 29.4 Å². The van der Waals surface area contributed by atoms with Crippen molar-refractivity contribution in [1.82, 2.24) is 10.6 Å². The molecule has 1 fully saturated rings. The van der Waals surface area contributed by atoms with E-state index in [1.807, 2.05) is 0 Å². The molecular weight excluding hydrogens is 858 g/mol. The van der Waals surface area contributed by atoms with E-state index in [1.54, 1.807) is 0 Å². The van der Waals surface area contributed by atoms with Crippen molar-refractivity contribution < 1.29 is 82.8 Å². The van der Waals surface area contributed by atoms with Gasteiger partial charge in [-0.3, -0.25) is 29.3 Å². The topological polar surface area (TPSA) is 309 Å². The van der Waals surface area contributed by atoms with E-state index in [-0.39, 0.29) is 77.8 Å². The summed E-state index contributed by atoms with van der Waals surface area (Å²) in [6.45, 7) is 1.81. The lowest BCUT2D eigenvalue weighted by atomic mass is 9.72. The molecule has 0 saturated carbocycles. The number of amides is 2. The Labute approximate surface area is 371 Å². The second-order valence-corrected chi connectivity index (χ2v) is 15.9. The smallest absolute Gasteiger partial charge is 0.407 e. The number of carbonyl (C=O) groups is 5. The maximum atomic E-state index is 14.0. The minimum absolute atomic E-state index is 0.0159. The Bertz CT molecular complexity index is 2370. The van der Waals surface area contributed by atoms with E-state index in [1.165, 1.54) is 58.4 Å². The molecule has 9 atom stereocenters. The van der Waals surface area contributed by atoms with E-state index in [4.69, 9.17) is 34.8 Å². The number of terminal acetylenes is 1. The number of nitro groups is 1. The number of Topliss-reactive ketones (excluding diaryl/α,β-unsaturated/α-hetero) is 1. The fourth-order valence-corrected chi connectivity index (χ4v) is 8.55. The Morgan fingerprint density at radius 2 is 1.80 bits per heavy atom. The number of alkyl carbamates (subject to hydrolysis) is 1. The average molecular weight is 908 g/mol. The Morgan fingerprint density at radius 3 is 2.46 bits per heavy atom. The second-order valence-electron chi connectivity index (χ2n) is 15.9. The molecule has 1 aliphatic heterocycles. The van der Waals surface area contributed by atoms with E-state index in [0.717, 1.165) is 0 Å². The van der Waals surface area contributed by atoms with Crippen LogP contribution in [0.15, 0.2) is 41.9 Å². The summed E-state index contributed by atoms with van der Waals surface area (Å²) in [4.78, 5) is 77.8. The fourth-order valence-electron chi connectivity index (χ4n) is 8.55. The first-order valence-electron chi connectivity index (χ1n) is 20.5. The number of fused-ring (bicyclic) bond motifs is 3. The summed E-state index contributed by atoms with van der Waals surface area (Å²) in [5.74, 6) is -3.31. The van der Waals surface area contributed by atoms with Gasteiger partial charge < -0.3 is 64.6 Å². The van der Waals surface area contributed by atoms with Gasteiger partial charge in [0.25, 0.3) is 0 Å². The van der Waals surface area contributed by atoms with Crippen molar-refractivity contribution >= 4 is 29.4 Å². The molecule has 348 valence electrons. The SMILES string of the molecule is C#CCNC(=O)CCCOC1=CC([N+](=O)[O-])C(C(C)OC(=O)NC2C[C@@H](OC3C[C@@](O)(C(=O)CO)Cc4c(O)c5c(c(O)c43)C(=O)c3c(OC)cccc3C5=O)O[C@H](C)[C@@H]2O)C=C1OC. The summed E-state index contributed by atoms with van der Waals surface area (Å²) in [6, 6.07) is 1.59. The van der Waals surface area contributed by atoms with Crippen LogP contribution in [-0.2, 0) is 39.7 Å². The molecule has 2 aromatic carbocycles. The maximum absolute atomic E-state index is 14.0. The third-order valence-corrected chi connectivity index (χ3v) is 11.9. The number of methoxy groups -OCH3 is 2. The van der Waals surface area contributed by atoms with Gasteiger partial charge in [-0.1, -0.05) is 18.1 Å². The highest BCUT2D eigenvalue weighted by molar-refractivity contribution is 6.31. The molecule has 2 amide bonds. The van der Waals surface area contributed by atoms with Crippen LogP contribution in [0.2, 0.25) is 0 Å². The Kier molecular flexibility index (Phi) is 14.5. The number of phenols is 2. The summed E-state index contributed by atoms with van der Waals surface area (Å²) < 4.78 is 34.1. The number of ether oxygens (including phenoxy) is 6. The molecule has 0 aromatic heterocycles. The number of aliphatic hydroxyl groups is 3. The van der Waals surface area contributed by atoms with Crippen molar-refractivity contribution in [2.24, 2.45) is 5.92 Å². The maximum Gasteiger partial charge on any atom is 0.407 e. The number of phenolic OH excluding ortho intramolecular Hbond substituents is 2. The van der Waals surface area contributed by atoms with Gasteiger partial charge in [0, 0.05) is 53.4 Å². The average Bonchev–Trinajstić information content (AvgIpc) is 3.27. The third kappa shape index (κ3) is 9.48. The highest BCUT2D eigenvalue weighted by Crippen LogP contribution is 2.52. The summed E-state index contributed by atoms with van der Waals surface area (Å²) in [7, 11) is 2.59. The Balaban J connectivity index is 1.20. The Hall–Kier alpha value is -6.57. The number of nitrogens with one attached hydrogen (secondary N) is 2. The van der Waals surface area contributed by atoms with Crippen LogP contribution >= 0.6 is 0 Å². The summed E-state index contributed by atoms with van der Waals surface area (Å²) in [5.41, 5.74) is -4.48. The predicted octanol–water partition coefficient (Wildman–Crippen LogP) is 1.39. The highest BCUT2D eigenvalue weighted by atomic mass is 16.7. The summed E-state index contributed by atoms with van der Waals surface area (Å²) in [6.07, 6.45) is -1.31. The number of ketones is 3. The molecule has 6 rings (SSSR count). The van der Waals surface area contributed by atoms with Crippen LogP contribution in [0.3, 0.4) is 0 Å². The van der Waals surface area contributed by atoms with Gasteiger partial charge >= 0.3 is 6.09 Å². The Morgan fingerprint density at radius 1 is 1.08 bits per heavy atom. The number of hydrogen-bond acceptors (Lipinski definition) is 18. The molecule has 1 heterocycles. The van der Waals surface area contributed by atoms with E-state index in [9.17, 15) is 59.6 Å². The summed E-state index contributed by atoms with van der Waals surface area (Å²) in [5, 5.41) is 73.3. The lowest BCUT2D eigenvalue weighted by Crippen LogP contribution is -2.56. The summed E-state index contributed by atoms with van der Waals surface area (Å²) >= 11 is 0. The first kappa shape index (κ1) is 47.9. The van der Waals surface area contributed by atoms with E-state index in [0.29, 0.717) is 0 Å². The lowest BCUT2D eigenvalue weighted by Gasteiger charge is -2.42. The van der Waals surface area contributed by atoms with Gasteiger partial charge in [0.2, 0.25) is 17.7 Å². The standard InChI is InChI=1S/C44H49N3O18/c1-6-12-45-32(50)11-8-13-62-29-16-26(47(58)59)23(14-28(29)61-5)20(2)64-43(56)46-25-15-33(63-21(3)38(25)51)65-30-18-44(57,31(49)19-48)17-24-35(30)42(55)37-36(40(24)53)39(52)22-9-7-10-27(60-4)34(22)41(37)54/h1,7,9-10,14,16,20-21,23,25-26,30,33,38,48,51,53,55,57H,8,11-13,15,17-19H2,2-5H3,(H,45,50)(H,46,56)/t20?,21-,23?,25?,26?,30?,33-,38+,44-/m1/s1. The van der Waals surface area contributed by atoms with Crippen molar-refractivity contribution in [2.45, 2.75) is 94.3 Å². The van der Waals surface area contributed by atoms with E-state index < -0.39 is 125 Å². The molecule has 1 saturated heterocycles. The van der Waals surface area contributed by atoms with Gasteiger partial charge in [0.05, 0.1) is 68.2 Å². The number of hydrogen-bond donors (Lipinski definition) is 7. The van der Waals surface area contributed by atoms with Crippen molar-refractivity contribution in [1.29, 1.82) is 0 Å². The zero-order valence-electron chi connectivity index (χ0n) is 35.7. The van der Waals surface area contributed by atoms with Crippen LogP contribution in [0.5, 0.6) is 17.2 Å². The molecule has 0 spiro atoms. The minimum Gasteiger partial charge on any atom is -0.507 e. The molecular formula is C44H49N3O18. The van der Waals surface area contributed by atoms with Gasteiger partial charge in [0.1, 0.15) is 41.7 Å². The van der Waals surface area contributed by atoms with Crippen molar-refractivity contribution in [3.63, 3.8) is 0 Å². The zero-order valence-corrected chi connectivity index (χ0v) is 35.7. The fraction of sp³-hybridized carbons (Fsp3) is 0.477. The normalized spacial score (nSPS) is 26.1. The van der Waals surface area contributed by atoms with Gasteiger partial charge in [-0.2, -0.15) is 0 Å². The first-order valence-corrected chi connectivity index (χ1v) is 20.5. The van der Waals surface area contributed by atoms with Gasteiger partial charge in [-0.15, -0.1) is 6.42 Å². The molecule has 2 aromatic rings. The number of nitrogens with zero attached hydrogens (tertiary/aromatic N) is 1. The van der Waals surface area contributed by atoms with Gasteiger partial charge in [-0.25, -0.2) is 4.79 Å². The molecule has 21 heteroatoms. The number of benzene rings is 2. The largest absolute Gasteiger partial charge is 0.507 e. The highest BCUT2D eigenvalue weighted by Gasteiger charge is 2.51. The number of rotatable bonds is 16. The molecule has 21 nitrogen and oxygen atoms in total. The van der Waals surface area contributed by atoms with Crippen molar-refractivity contribution in [3.8, 4) is 29.6 Å². The van der Waals surface area contributed by atoms with Crippen LogP contribution in [0.4, 0.5) is 4.79 Å². The molecule has 65 heavy (non-hydrogen) atoms. The minimum atomic E-state index is -2.43. The second kappa shape index (κ2) is 19.7. The van der Waals surface area contributed by atoms with Crippen LogP contribution in [0.25, 0.3) is 0 Å².